The third-order valence-corrected chi connectivity index (χ3v) is 5.84. The van der Waals surface area contributed by atoms with Crippen molar-refractivity contribution in [1.29, 1.82) is 0 Å². The third kappa shape index (κ3) is 5.22. The number of hydrogen-bond donors (Lipinski definition) is 2. The number of nitrogens with zero attached hydrogens (tertiary/aromatic N) is 4. The first-order chi connectivity index (χ1) is 16.6. The van der Waals surface area contributed by atoms with Crippen LogP contribution in [0.25, 0.3) is 22.2 Å². The van der Waals surface area contributed by atoms with Crippen molar-refractivity contribution in [2.24, 2.45) is 7.05 Å². The first-order valence-corrected chi connectivity index (χ1v) is 11.1. The predicted octanol–water partition coefficient (Wildman–Crippen LogP) is 5.49. The second kappa shape index (κ2) is 9.53. The van der Waals surface area contributed by atoms with Crippen LogP contribution in [0.4, 0.5) is 24.9 Å². The lowest BCUT2D eigenvalue weighted by atomic mass is 10.0. The highest BCUT2D eigenvalue weighted by atomic mass is 35.5. The summed E-state index contributed by atoms with van der Waals surface area (Å²) in [5, 5.41) is 10.4. The first kappa shape index (κ1) is 24.5. The minimum atomic E-state index is -4.60. The molecule has 7 nitrogen and oxygen atoms in total. The lowest BCUT2D eigenvalue weighted by Crippen LogP contribution is -2.15. The second-order valence-corrected chi connectivity index (χ2v) is 8.35. The van der Waals surface area contributed by atoms with E-state index in [1.807, 2.05) is 19.1 Å². The molecule has 0 bridgehead atoms. The Bertz CT molecular complexity index is 1420. The van der Waals surface area contributed by atoms with Gasteiger partial charge in [0.1, 0.15) is 0 Å². The highest BCUT2D eigenvalue weighted by molar-refractivity contribution is 6.31. The zero-order chi connectivity index (χ0) is 25.3. The maximum Gasteiger partial charge on any atom is 0.417 e. The molecule has 11 heteroatoms. The van der Waals surface area contributed by atoms with Crippen LogP contribution in [0.3, 0.4) is 0 Å². The molecule has 4 rings (SSSR count). The fourth-order valence-electron chi connectivity index (χ4n) is 3.83. The van der Waals surface area contributed by atoms with Gasteiger partial charge < -0.3 is 10.6 Å². The van der Waals surface area contributed by atoms with Crippen LogP contribution in [0.5, 0.6) is 0 Å². The molecule has 0 spiro atoms. The summed E-state index contributed by atoms with van der Waals surface area (Å²) >= 11 is 5.65. The van der Waals surface area contributed by atoms with Crippen molar-refractivity contribution in [3.8, 4) is 11.3 Å². The molecule has 4 aromatic rings. The van der Waals surface area contributed by atoms with Gasteiger partial charge >= 0.3 is 6.18 Å². The standard InChI is InChI=1S/C24H22ClF3N6O/c1-4-14-9-15(10-16-12-30-23(29-2)32-22(14)16)19-11-20(33-34(19)3)31-21(35)8-13-5-6-18(25)17(7-13)24(26,27)28/h5-7,9-12H,4,8H2,1-3H3,(H,29,30,32)(H,31,33,35). The van der Waals surface area contributed by atoms with E-state index in [4.69, 9.17) is 11.6 Å². The van der Waals surface area contributed by atoms with Crippen molar-refractivity contribution >= 4 is 40.2 Å². The number of carbonyl (C=O) groups excluding carboxylic acids is 1. The van der Waals surface area contributed by atoms with Crippen LogP contribution in [-0.4, -0.2) is 32.7 Å². The number of aromatic nitrogens is 4. The average Bonchev–Trinajstić information content (AvgIpc) is 3.18. The van der Waals surface area contributed by atoms with Gasteiger partial charge in [-0.25, -0.2) is 9.97 Å². The summed E-state index contributed by atoms with van der Waals surface area (Å²) in [5.41, 5.74) is 2.73. The summed E-state index contributed by atoms with van der Waals surface area (Å²) in [7, 11) is 3.50. The summed E-state index contributed by atoms with van der Waals surface area (Å²) < 4.78 is 40.9. The van der Waals surface area contributed by atoms with Crippen LogP contribution in [0, 0.1) is 0 Å². The maximum absolute atomic E-state index is 13.1. The van der Waals surface area contributed by atoms with Gasteiger partial charge in [0.25, 0.3) is 0 Å². The number of carbonyl (C=O) groups is 1. The number of amides is 1. The SMILES string of the molecule is CCc1cc(-c2cc(NC(=O)Cc3ccc(Cl)c(C(F)(F)F)c3)nn2C)cc2cnc(NC)nc12. The number of benzene rings is 2. The average molecular weight is 503 g/mol. The molecule has 2 aromatic heterocycles. The van der Waals surface area contributed by atoms with Crippen molar-refractivity contribution in [3.05, 3.63) is 64.3 Å². The molecule has 2 aromatic carbocycles. The predicted molar refractivity (Wildman–Crippen MR) is 129 cm³/mol. The van der Waals surface area contributed by atoms with Crippen LogP contribution in [0.1, 0.15) is 23.6 Å². The monoisotopic (exact) mass is 502 g/mol. The van der Waals surface area contributed by atoms with E-state index in [0.29, 0.717) is 5.95 Å². The highest BCUT2D eigenvalue weighted by Crippen LogP contribution is 2.35. The van der Waals surface area contributed by atoms with Crippen LogP contribution in [-0.2, 0) is 30.9 Å². The Balaban J connectivity index is 1.57. The molecule has 182 valence electrons. The Labute approximate surface area is 204 Å². The third-order valence-electron chi connectivity index (χ3n) is 5.51. The topological polar surface area (TPSA) is 84.7 Å². The van der Waals surface area contributed by atoms with E-state index >= 15 is 0 Å². The fourth-order valence-corrected chi connectivity index (χ4v) is 4.05. The van der Waals surface area contributed by atoms with Gasteiger partial charge in [0.2, 0.25) is 11.9 Å². The molecular weight excluding hydrogens is 481 g/mol. The molecule has 2 N–H and O–H groups in total. The Morgan fingerprint density at radius 3 is 2.63 bits per heavy atom. The van der Waals surface area contributed by atoms with Crippen molar-refractivity contribution in [3.63, 3.8) is 0 Å². The summed E-state index contributed by atoms with van der Waals surface area (Å²) in [5.74, 6) is 0.330. The van der Waals surface area contributed by atoms with Crippen LogP contribution >= 0.6 is 11.6 Å². The van der Waals surface area contributed by atoms with Crippen LogP contribution in [0.15, 0.2) is 42.6 Å². The molecule has 0 saturated carbocycles. The molecule has 0 aliphatic carbocycles. The van der Waals surface area contributed by atoms with Gasteiger partial charge in [-0.3, -0.25) is 9.48 Å². The molecule has 0 aliphatic heterocycles. The van der Waals surface area contributed by atoms with Crippen molar-refractivity contribution < 1.29 is 18.0 Å². The molecule has 0 saturated heterocycles. The van der Waals surface area contributed by atoms with E-state index in [9.17, 15) is 18.0 Å². The second-order valence-electron chi connectivity index (χ2n) is 7.95. The van der Waals surface area contributed by atoms with E-state index in [2.05, 4.69) is 25.7 Å². The molecular formula is C24H22ClF3N6O. The molecule has 2 heterocycles. The van der Waals surface area contributed by atoms with Crippen LogP contribution < -0.4 is 10.6 Å². The molecule has 0 fully saturated rings. The van der Waals surface area contributed by atoms with Crippen LogP contribution in [0.2, 0.25) is 5.02 Å². The minimum absolute atomic E-state index is 0.193. The maximum atomic E-state index is 13.1. The molecule has 0 aliphatic rings. The number of alkyl halides is 3. The normalized spacial score (nSPS) is 11.6. The largest absolute Gasteiger partial charge is 0.417 e. The van der Waals surface area contributed by atoms with Gasteiger partial charge in [-0.2, -0.15) is 18.3 Å². The number of halogens is 4. The van der Waals surface area contributed by atoms with Gasteiger partial charge in [0.15, 0.2) is 5.82 Å². The number of fused-ring (bicyclic) bond motifs is 1. The number of rotatable bonds is 6. The first-order valence-electron chi connectivity index (χ1n) is 10.8. The van der Waals surface area contributed by atoms with Gasteiger partial charge in [-0.15, -0.1) is 0 Å². The van der Waals surface area contributed by atoms with Crippen molar-refractivity contribution in [2.45, 2.75) is 25.9 Å². The molecule has 35 heavy (non-hydrogen) atoms. The highest BCUT2D eigenvalue weighted by Gasteiger charge is 2.33. The zero-order valence-electron chi connectivity index (χ0n) is 19.2. The van der Waals surface area contributed by atoms with Gasteiger partial charge in [0, 0.05) is 37.3 Å². The number of nitrogens with one attached hydrogen (secondary N) is 2. The van der Waals surface area contributed by atoms with E-state index < -0.39 is 22.7 Å². The van der Waals surface area contributed by atoms with E-state index in [1.165, 1.54) is 6.07 Å². The van der Waals surface area contributed by atoms with E-state index in [1.54, 1.807) is 31.0 Å². The fraction of sp³-hybridized carbons (Fsp3) is 0.250. The quantitative estimate of drug-likeness (QED) is 0.364. The molecule has 0 unspecified atom stereocenters. The molecule has 0 atom stereocenters. The Morgan fingerprint density at radius 2 is 1.94 bits per heavy atom. The number of hydrogen-bond acceptors (Lipinski definition) is 5. The summed E-state index contributed by atoms with van der Waals surface area (Å²) in [6, 6.07) is 9.09. The minimum Gasteiger partial charge on any atom is -0.357 e. The van der Waals surface area contributed by atoms with E-state index in [0.717, 1.165) is 46.3 Å². The number of aryl methyl sites for hydroxylation is 2. The Morgan fingerprint density at radius 1 is 1.17 bits per heavy atom. The van der Waals surface area contributed by atoms with Crippen molar-refractivity contribution in [1.82, 2.24) is 19.7 Å². The molecule has 0 radical (unpaired) electrons. The zero-order valence-corrected chi connectivity index (χ0v) is 19.9. The van der Waals surface area contributed by atoms with E-state index in [-0.39, 0.29) is 17.8 Å². The van der Waals surface area contributed by atoms with Gasteiger partial charge in [-0.05, 0) is 41.8 Å². The van der Waals surface area contributed by atoms with Crippen molar-refractivity contribution in [2.75, 3.05) is 17.7 Å². The number of anilines is 2. The summed E-state index contributed by atoms with van der Waals surface area (Å²) in [6.07, 6.45) is -2.35. The Hall–Kier alpha value is -3.66. The van der Waals surface area contributed by atoms with Gasteiger partial charge in [0.05, 0.1) is 28.2 Å². The lowest BCUT2D eigenvalue weighted by Gasteiger charge is -2.10. The van der Waals surface area contributed by atoms with Gasteiger partial charge in [-0.1, -0.05) is 24.6 Å². The summed E-state index contributed by atoms with van der Waals surface area (Å²) in [4.78, 5) is 21.4. The smallest absolute Gasteiger partial charge is 0.357 e. The lowest BCUT2D eigenvalue weighted by molar-refractivity contribution is -0.137. The summed E-state index contributed by atoms with van der Waals surface area (Å²) in [6.45, 7) is 2.04. The molecule has 1 amide bonds. The Kier molecular flexibility index (Phi) is 6.66.